The van der Waals surface area contributed by atoms with Gasteiger partial charge < -0.3 is 10.3 Å². The first-order chi connectivity index (χ1) is 5.70. The molecule has 0 aromatic carbocycles. The minimum atomic E-state index is -0.116. The molecule has 0 spiro atoms. The largest absolute Gasteiger partial charge is 0.451 e. The zero-order valence-corrected chi connectivity index (χ0v) is 8.21. The molecule has 0 radical (unpaired) electrons. The average Bonchev–Trinajstić information content (AvgIpc) is 2.36. The van der Waals surface area contributed by atoms with Gasteiger partial charge in [0.05, 0.1) is 0 Å². The highest BCUT2D eigenvalue weighted by molar-refractivity contribution is 6.48. The van der Waals surface area contributed by atoms with Crippen LogP contribution in [0.1, 0.15) is 26.2 Å². The van der Waals surface area contributed by atoms with Gasteiger partial charge in [0.2, 0.25) is 0 Å². The molecule has 1 aliphatic rings. The van der Waals surface area contributed by atoms with Gasteiger partial charge in [-0.25, -0.2) is 0 Å². The topological polar surface area (TPSA) is 32.3 Å². The minimum Gasteiger partial charge on any atom is -0.451 e. The summed E-state index contributed by atoms with van der Waals surface area (Å²) in [5, 5.41) is 12.5. The van der Waals surface area contributed by atoms with Crippen molar-refractivity contribution in [2.45, 2.75) is 45.4 Å². The second kappa shape index (κ2) is 4.88. The van der Waals surface area contributed by atoms with Gasteiger partial charge in [0.15, 0.2) is 0 Å². The van der Waals surface area contributed by atoms with E-state index in [4.69, 9.17) is 5.02 Å². The first-order valence-electron chi connectivity index (χ1n) is 5.11. The molecule has 3 heteroatoms. The molecule has 1 heterocycles. The van der Waals surface area contributed by atoms with E-state index in [1.807, 2.05) is 6.82 Å². The molecular formula is C9H20BNO. The summed E-state index contributed by atoms with van der Waals surface area (Å²) in [7, 11) is 0. The Labute approximate surface area is 75.9 Å². The van der Waals surface area contributed by atoms with Crippen molar-refractivity contribution in [3.05, 3.63) is 0 Å². The maximum Gasteiger partial charge on any atom is 0.285 e. The van der Waals surface area contributed by atoms with Gasteiger partial charge in [-0.15, -0.1) is 0 Å². The maximum atomic E-state index is 9.08. The molecule has 12 heavy (non-hydrogen) atoms. The molecular weight excluding hydrogens is 149 g/mol. The van der Waals surface area contributed by atoms with E-state index in [2.05, 4.69) is 12.2 Å². The summed E-state index contributed by atoms with van der Waals surface area (Å²) in [6.07, 6.45) is 4.73. The van der Waals surface area contributed by atoms with E-state index in [0.29, 0.717) is 6.04 Å². The zero-order chi connectivity index (χ0) is 8.97. The van der Waals surface area contributed by atoms with Crippen LogP contribution in [0.2, 0.25) is 13.1 Å². The second-order valence-corrected chi connectivity index (χ2v) is 4.07. The Kier molecular flexibility index (Phi) is 4.09. The van der Waals surface area contributed by atoms with Gasteiger partial charge in [0.25, 0.3) is 6.92 Å². The fourth-order valence-corrected chi connectivity index (χ4v) is 1.98. The third-order valence-electron chi connectivity index (χ3n) is 2.89. The van der Waals surface area contributed by atoms with Crippen LogP contribution in [0.4, 0.5) is 0 Å². The van der Waals surface area contributed by atoms with Gasteiger partial charge in [-0.05, 0) is 38.5 Å². The quantitative estimate of drug-likeness (QED) is 0.623. The van der Waals surface area contributed by atoms with Crippen molar-refractivity contribution in [2.75, 3.05) is 6.54 Å². The van der Waals surface area contributed by atoms with Crippen molar-refractivity contribution >= 4 is 6.92 Å². The molecule has 0 aromatic rings. The fourth-order valence-electron chi connectivity index (χ4n) is 1.98. The van der Waals surface area contributed by atoms with Gasteiger partial charge >= 0.3 is 0 Å². The third kappa shape index (κ3) is 3.15. The van der Waals surface area contributed by atoms with Gasteiger partial charge in [-0.3, -0.25) is 0 Å². The molecule has 0 saturated carbocycles. The van der Waals surface area contributed by atoms with Crippen LogP contribution < -0.4 is 5.32 Å². The Morgan fingerprint density at radius 1 is 1.58 bits per heavy atom. The number of hydrogen-bond acceptors (Lipinski definition) is 2. The second-order valence-electron chi connectivity index (χ2n) is 4.07. The van der Waals surface area contributed by atoms with Crippen molar-refractivity contribution in [2.24, 2.45) is 5.92 Å². The molecule has 0 amide bonds. The molecule has 0 aromatic heterocycles. The summed E-state index contributed by atoms with van der Waals surface area (Å²) < 4.78 is 0. The lowest BCUT2D eigenvalue weighted by molar-refractivity contribution is 0.435. The van der Waals surface area contributed by atoms with Gasteiger partial charge in [0.1, 0.15) is 0 Å². The van der Waals surface area contributed by atoms with Crippen molar-refractivity contribution in [3.8, 4) is 0 Å². The molecule has 1 saturated heterocycles. The lowest BCUT2D eigenvalue weighted by atomic mass is 9.66. The molecule has 1 aliphatic heterocycles. The predicted octanol–water partition coefficient (Wildman–Crippen LogP) is 1.38. The van der Waals surface area contributed by atoms with Crippen LogP contribution in [0.15, 0.2) is 0 Å². The smallest absolute Gasteiger partial charge is 0.285 e. The van der Waals surface area contributed by atoms with E-state index in [1.54, 1.807) is 0 Å². The van der Waals surface area contributed by atoms with Crippen LogP contribution in [-0.4, -0.2) is 24.5 Å². The van der Waals surface area contributed by atoms with Crippen LogP contribution in [0.3, 0.4) is 0 Å². The molecule has 70 valence electrons. The Morgan fingerprint density at radius 3 is 2.83 bits per heavy atom. The summed E-state index contributed by atoms with van der Waals surface area (Å²) >= 11 is 0. The van der Waals surface area contributed by atoms with Gasteiger partial charge in [-0.1, -0.05) is 13.2 Å². The fraction of sp³-hybridized carbons (Fsp3) is 1.00. The summed E-state index contributed by atoms with van der Waals surface area (Å²) in [4.78, 5) is 0. The lowest BCUT2D eigenvalue weighted by Gasteiger charge is -2.14. The Hall–Kier alpha value is -0.0151. The zero-order valence-electron chi connectivity index (χ0n) is 8.21. The number of hydrogen-bond donors (Lipinski definition) is 2. The molecule has 1 fully saturated rings. The SMILES string of the molecule is CB(O)CCC[C@H]1CCN[C@@H]1C. The summed E-state index contributed by atoms with van der Waals surface area (Å²) in [6.45, 7) is 5.20. The molecule has 2 atom stereocenters. The summed E-state index contributed by atoms with van der Waals surface area (Å²) in [5.74, 6) is 0.851. The van der Waals surface area contributed by atoms with E-state index >= 15 is 0 Å². The van der Waals surface area contributed by atoms with Crippen molar-refractivity contribution < 1.29 is 5.02 Å². The van der Waals surface area contributed by atoms with E-state index in [1.165, 1.54) is 25.8 Å². The first kappa shape index (κ1) is 10.1. The number of rotatable bonds is 4. The third-order valence-corrected chi connectivity index (χ3v) is 2.89. The Bertz CT molecular complexity index is 130. The van der Waals surface area contributed by atoms with Crippen LogP contribution in [0.25, 0.3) is 0 Å². The monoisotopic (exact) mass is 169 g/mol. The molecule has 0 aliphatic carbocycles. The van der Waals surface area contributed by atoms with Crippen molar-refractivity contribution in [3.63, 3.8) is 0 Å². The molecule has 0 bridgehead atoms. The van der Waals surface area contributed by atoms with Crippen LogP contribution in [-0.2, 0) is 0 Å². The van der Waals surface area contributed by atoms with E-state index < -0.39 is 0 Å². The van der Waals surface area contributed by atoms with Gasteiger partial charge in [0, 0.05) is 6.04 Å². The Balaban J connectivity index is 2.06. The highest BCUT2D eigenvalue weighted by Crippen LogP contribution is 2.21. The summed E-state index contributed by atoms with van der Waals surface area (Å²) in [6, 6.07) is 0.694. The van der Waals surface area contributed by atoms with Crippen molar-refractivity contribution in [1.29, 1.82) is 0 Å². The highest BCUT2D eigenvalue weighted by atomic mass is 16.2. The van der Waals surface area contributed by atoms with Crippen molar-refractivity contribution in [1.82, 2.24) is 5.32 Å². The maximum absolute atomic E-state index is 9.08. The lowest BCUT2D eigenvalue weighted by Crippen LogP contribution is -2.22. The Morgan fingerprint density at radius 2 is 2.33 bits per heavy atom. The summed E-state index contributed by atoms with van der Waals surface area (Å²) in [5.41, 5.74) is 0. The van der Waals surface area contributed by atoms with E-state index in [9.17, 15) is 0 Å². The molecule has 2 N–H and O–H groups in total. The minimum absolute atomic E-state index is 0.116. The predicted molar refractivity (Wildman–Crippen MR) is 53.4 cm³/mol. The molecule has 2 nitrogen and oxygen atoms in total. The highest BCUT2D eigenvalue weighted by Gasteiger charge is 2.22. The standard InChI is InChI=1S/C9H20BNO/c1-8-9(5-7-11-8)4-3-6-10(2)12/h8-9,11-12H,3-7H2,1-2H3/t8-,9+/m1/s1. The van der Waals surface area contributed by atoms with E-state index in [0.717, 1.165) is 12.2 Å². The average molecular weight is 169 g/mol. The van der Waals surface area contributed by atoms with Gasteiger partial charge in [-0.2, -0.15) is 0 Å². The molecule has 1 rings (SSSR count). The molecule has 0 unspecified atom stereocenters. The van der Waals surface area contributed by atoms with Crippen LogP contribution in [0.5, 0.6) is 0 Å². The van der Waals surface area contributed by atoms with Crippen LogP contribution in [0, 0.1) is 5.92 Å². The van der Waals surface area contributed by atoms with E-state index in [-0.39, 0.29) is 6.92 Å². The normalized spacial score (nSPS) is 29.2. The first-order valence-corrected chi connectivity index (χ1v) is 5.11. The van der Waals surface area contributed by atoms with Crippen LogP contribution >= 0.6 is 0 Å². The number of nitrogens with one attached hydrogen (secondary N) is 1.